The third kappa shape index (κ3) is 5.30. The number of rotatable bonds is 7. The average molecular weight is 481 g/mol. The molecule has 4 rings (SSSR count). The molecule has 1 atom stereocenters. The maximum atomic E-state index is 14.1. The summed E-state index contributed by atoms with van der Waals surface area (Å²) in [6, 6.07) is 15.8. The first-order valence-electron chi connectivity index (χ1n) is 11.4. The van der Waals surface area contributed by atoms with Crippen molar-refractivity contribution in [2.75, 3.05) is 27.2 Å². The Bertz CT molecular complexity index is 1130. The number of carbonyl (C=O) groups is 2. The van der Waals surface area contributed by atoms with Gasteiger partial charge in [-0.05, 0) is 66.5 Å². The van der Waals surface area contributed by atoms with E-state index in [2.05, 4.69) is 6.07 Å². The lowest BCUT2D eigenvalue weighted by atomic mass is 9.84. The molecule has 34 heavy (non-hydrogen) atoms. The molecule has 1 unspecified atom stereocenters. The highest BCUT2D eigenvalue weighted by atomic mass is 32.1. The lowest BCUT2D eigenvalue weighted by Gasteiger charge is -2.40. The second-order valence-electron chi connectivity index (χ2n) is 8.66. The van der Waals surface area contributed by atoms with Gasteiger partial charge in [-0.25, -0.2) is 4.39 Å². The zero-order valence-corrected chi connectivity index (χ0v) is 20.3. The SMILES string of the molecule is COc1cccc(CC(C2CCN(C(=O)c3ccccc3F)CC2)N(C)C(=O)c2ccsc2)c1. The van der Waals surface area contributed by atoms with Crippen molar-refractivity contribution in [3.05, 3.63) is 87.9 Å². The Kier molecular flexibility index (Phi) is 7.63. The number of hydrogen-bond donors (Lipinski definition) is 0. The van der Waals surface area contributed by atoms with Crippen LogP contribution in [0.25, 0.3) is 0 Å². The van der Waals surface area contributed by atoms with Crippen LogP contribution in [0.4, 0.5) is 4.39 Å². The molecule has 1 saturated heterocycles. The Morgan fingerprint density at radius 1 is 1.15 bits per heavy atom. The monoisotopic (exact) mass is 480 g/mol. The molecule has 2 amide bonds. The van der Waals surface area contributed by atoms with Crippen molar-refractivity contribution in [3.63, 3.8) is 0 Å². The molecular formula is C27H29FN2O3S. The number of likely N-dealkylation sites (N-methyl/N-ethyl adjacent to an activating group) is 1. The summed E-state index contributed by atoms with van der Waals surface area (Å²) < 4.78 is 19.5. The summed E-state index contributed by atoms with van der Waals surface area (Å²) in [5.41, 5.74) is 1.90. The highest BCUT2D eigenvalue weighted by Crippen LogP contribution is 2.29. The van der Waals surface area contributed by atoms with E-state index in [-0.39, 0.29) is 29.3 Å². The lowest BCUT2D eigenvalue weighted by Crippen LogP contribution is -2.48. The predicted molar refractivity (Wildman–Crippen MR) is 132 cm³/mol. The lowest BCUT2D eigenvalue weighted by molar-refractivity contribution is 0.0520. The number of nitrogens with zero attached hydrogens (tertiary/aromatic N) is 2. The van der Waals surface area contributed by atoms with Crippen LogP contribution in [-0.2, 0) is 6.42 Å². The third-order valence-corrected chi connectivity index (χ3v) is 7.32. The van der Waals surface area contributed by atoms with E-state index in [0.717, 1.165) is 24.2 Å². The Labute approximate surface area is 203 Å². The van der Waals surface area contributed by atoms with E-state index in [1.54, 1.807) is 24.1 Å². The van der Waals surface area contributed by atoms with Crippen LogP contribution >= 0.6 is 11.3 Å². The van der Waals surface area contributed by atoms with Crippen molar-refractivity contribution in [2.45, 2.75) is 25.3 Å². The van der Waals surface area contributed by atoms with Gasteiger partial charge in [-0.15, -0.1) is 0 Å². The van der Waals surface area contributed by atoms with Crippen LogP contribution in [0.15, 0.2) is 65.4 Å². The number of carbonyl (C=O) groups excluding carboxylic acids is 2. The molecule has 1 aromatic heterocycles. The Morgan fingerprint density at radius 3 is 2.59 bits per heavy atom. The van der Waals surface area contributed by atoms with Gasteiger partial charge in [0, 0.05) is 31.6 Å². The molecule has 7 heteroatoms. The minimum absolute atomic E-state index is 0.000918. The first-order valence-corrected chi connectivity index (χ1v) is 12.4. The van der Waals surface area contributed by atoms with Crippen LogP contribution in [0.1, 0.15) is 39.1 Å². The van der Waals surface area contributed by atoms with Gasteiger partial charge in [-0.3, -0.25) is 9.59 Å². The molecule has 0 bridgehead atoms. The maximum absolute atomic E-state index is 14.1. The number of piperidine rings is 1. The number of methoxy groups -OCH3 is 1. The molecule has 1 aliphatic rings. The van der Waals surface area contributed by atoms with Gasteiger partial charge in [0.05, 0.1) is 18.2 Å². The van der Waals surface area contributed by atoms with E-state index in [0.29, 0.717) is 25.1 Å². The van der Waals surface area contributed by atoms with Gasteiger partial charge in [0.1, 0.15) is 11.6 Å². The summed E-state index contributed by atoms with van der Waals surface area (Å²) in [7, 11) is 3.51. The second-order valence-corrected chi connectivity index (χ2v) is 9.44. The Morgan fingerprint density at radius 2 is 1.91 bits per heavy atom. The molecule has 1 aliphatic heterocycles. The number of amides is 2. The van der Waals surface area contributed by atoms with Gasteiger partial charge in [-0.1, -0.05) is 24.3 Å². The number of halogens is 1. The summed E-state index contributed by atoms with van der Waals surface area (Å²) in [5, 5.41) is 3.78. The topological polar surface area (TPSA) is 49.9 Å². The maximum Gasteiger partial charge on any atom is 0.256 e. The minimum atomic E-state index is -0.494. The van der Waals surface area contributed by atoms with E-state index in [1.165, 1.54) is 23.5 Å². The van der Waals surface area contributed by atoms with Crippen molar-refractivity contribution in [1.29, 1.82) is 0 Å². The van der Waals surface area contributed by atoms with Gasteiger partial charge in [0.15, 0.2) is 0 Å². The molecule has 1 fully saturated rings. The molecule has 0 radical (unpaired) electrons. The van der Waals surface area contributed by atoms with Crippen LogP contribution < -0.4 is 4.74 Å². The van der Waals surface area contributed by atoms with Crippen LogP contribution in [0.5, 0.6) is 5.75 Å². The molecule has 0 saturated carbocycles. The first-order chi connectivity index (χ1) is 16.5. The van der Waals surface area contributed by atoms with E-state index >= 15 is 0 Å². The second kappa shape index (κ2) is 10.8. The number of hydrogen-bond acceptors (Lipinski definition) is 4. The molecule has 0 aliphatic carbocycles. The molecular weight excluding hydrogens is 451 g/mol. The van der Waals surface area contributed by atoms with Crippen molar-refractivity contribution in [1.82, 2.24) is 9.80 Å². The quantitative estimate of drug-likeness (QED) is 0.471. The number of likely N-dealkylation sites (tertiary alicyclic amines) is 1. The molecule has 2 aromatic carbocycles. The average Bonchev–Trinajstić information content (AvgIpc) is 3.42. The fourth-order valence-electron chi connectivity index (χ4n) is 4.69. The fourth-order valence-corrected chi connectivity index (χ4v) is 5.32. The van der Waals surface area contributed by atoms with Crippen LogP contribution in [0.3, 0.4) is 0 Å². The van der Waals surface area contributed by atoms with Gasteiger partial charge >= 0.3 is 0 Å². The number of benzene rings is 2. The third-order valence-electron chi connectivity index (χ3n) is 6.64. The number of thiophene rings is 1. The summed E-state index contributed by atoms with van der Waals surface area (Å²) in [6.07, 6.45) is 2.18. The predicted octanol–water partition coefficient (Wildman–Crippen LogP) is 5.13. The van der Waals surface area contributed by atoms with Crippen LogP contribution in [-0.4, -0.2) is 54.9 Å². The van der Waals surface area contributed by atoms with E-state index in [9.17, 15) is 14.0 Å². The minimum Gasteiger partial charge on any atom is -0.497 e. The molecule has 178 valence electrons. The number of ether oxygens (including phenoxy) is 1. The molecule has 2 heterocycles. The summed E-state index contributed by atoms with van der Waals surface area (Å²) in [5.74, 6) is 0.228. The van der Waals surface area contributed by atoms with Gasteiger partial charge in [0.2, 0.25) is 0 Å². The first kappa shape index (κ1) is 24.0. The van der Waals surface area contributed by atoms with Crippen molar-refractivity contribution >= 4 is 23.2 Å². The Balaban J connectivity index is 1.51. The summed E-state index contributed by atoms with van der Waals surface area (Å²) in [6.45, 7) is 1.07. The van der Waals surface area contributed by atoms with E-state index < -0.39 is 5.82 Å². The standard InChI is InChI=1S/C27H29FN2O3S/c1-29(26(31)21-12-15-34-18-21)25(17-19-6-5-7-22(16-19)33-2)20-10-13-30(14-11-20)27(32)23-8-3-4-9-24(23)28/h3-9,12,15-16,18,20,25H,10-11,13-14,17H2,1-2H3. The van der Waals surface area contributed by atoms with Gasteiger partial charge in [-0.2, -0.15) is 11.3 Å². The van der Waals surface area contributed by atoms with Gasteiger partial charge in [0.25, 0.3) is 11.8 Å². The highest BCUT2D eigenvalue weighted by Gasteiger charge is 2.33. The van der Waals surface area contributed by atoms with Crippen LogP contribution in [0, 0.1) is 11.7 Å². The van der Waals surface area contributed by atoms with E-state index in [4.69, 9.17) is 4.74 Å². The van der Waals surface area contributed by atoms with Crippen molar-refractivity contribution in [3.8, 4) is 5.75 Å². The Hall–Kier alpha value is -3.19. The molecule has 0 spiro atoms. The summed E-state index contributed by atoms with van der Waals surface area (Å²) in [4.78, 5) is 29.6. The zero-order valence-electron chi connectivity index (χ0n) is 19.4. The van der Waals surface area contributed by atoms with Crippen LogP contribution in [0.2, 0.25) is 0 Å². The van der Waals surface area contributed by atoms with E-state index in [1.807, 2.05) is 47.0 Å². The molecule has 0 N–H and O–H groups in total. The van der Waals surface area contributed by atoms with Crippen molar-refractivity contribution < 1.29 is 18.7 Å². The smallest absolute Gasteiger partial charge is 0.256 e. The summed E-state index contributed by atoms with van der Waals surface area (Å²) >= 11 is 1.51. The largest absolute Gasteiger partial charge is 0.497 e. The normalized spacial score (nSPS) is 15.1. The zero-order chi connectivity index (χ0) is 24.1. The highest BCUT2D eigenvalue weighted by molar-refractivity contribution is 7.08. The molecule has 3 aromatic rings. The van der Waals surface area contributed by atoms with Gasteiger partial charge < -0.3 is 14.5 Å². The fraction of sp³-hybridized carbons (Fsp3) is 0.333. The molecule has 5 nitrogen and oxygen atoms in total. The van der Waals surface area contributed by atoms with Crippen molar-refractivity contribution in [2.24, 2.45) is 5.92 Å².